The highest BCUT2D eigenvalue weighted by atomic mass is 16.5. The molecule has 1 heterocycles. The highest BCUT2D eigenvalue weighted by Crippen LogP contribution is 2.37. The summed E-state index contributed by atoms with van der Waals surface area (Å²) in [7, 11) is 1.63. The van der Waals surface area contributed by atoms with Crippen LogP contribution in [-0.2, 0) is 6.54 Å². The van der Waals surface area contributed by atoms with Crippen molar-refractivity contribution in [2.24, 2.45) is 0 Å². The Morgan fingerprint density at radius 1 is 1.15 bits per heavy atom. The van der Waals surface area contributed by atoms with E-state index in [1.807, 2.05) is 42.5 Å². The Morgan fingerprint density at radius 3 is 2.73 bits per heavy atom. The van der Waals surface area contributed by atoms with Crippen molar-refractivity contribution in [3.05, 3.63) is 54.4 Å². The van der Waals surface area contributed by atoms with Crippen molar-refractivity contribution in [1.82, 2.24) is 9.55 Å². The van der Waals surface area contributed by atoms with Crippen molar-refractivity contribution in [2.45, 2.75) is 37.8 Å². The minimum atomic E-state index is -0.613. The van der Waals surface area contributed by atoms with Crippen molar-refractivity contribution >= 4 is 11.0 Å². The number of para-hydroxylation sites is 2. The maximum atomic E-state index is 10.6. The molecule has 136 valence electrons. The molecular weight excluding hydrogens is 328 g/mol. The number of aliphatic hydroxyl groups is 1. The number of nitrogens with zero attached hydrogens (tertiary/aromatic N) is 2. The van der Waals surface area contributed by atoms with Gasteiger partial charge in [-0.05, 0) is 37.1 Å². The molecule has 1 aliphatic rings. The molecule has 1 fully saturated rings. The Hall–Kier alpha value is -2.53. The van der Waals surface area contributed by atoms with Crippen LogP contribution in [0, 0.1) is 0 Å². The molecule has 1 atom stereocenters. The number of ether oxygens (including phenoxy) is 2. The van der Waals surface area contributed by atoms with Gasteiger partial charge in [-0.2, -0.15) is 0 Å². The molecule has 5 heteroatoms. The zero-order chi connectivity index (χ0) is 17.9. The molecule has 1 saturated carbocycles. The van der Waals surface area contributed by atoms with Crippen molar-refractivity contribution in [1.29, 1.82) is 0 Å². The van der Waals surface area contributed by atoms with Gasteiger partial charge in [-0.3, -0.25) is 0 Å². The van der Waals surface area contributed by atoms with Crippen LogP contribution in [0.4, 0.5) is 0 Å². The fraction of sp³-hybridized carbons (Fsp3) is 0.381. The standard InChI is InChI=1S/C21H24N2O3/c1-25-17-8-5-9-18(12-17)26-14-16(24)13-23-20-11-3-2-10-19(20)22-21(23)15-6-4-7-15/h2-3,5,8-12,15-16,24H,4,6-7,13-14H2,1H3. The molecular formula is C21H24N2O3. The predicted molar refractivity (Wildman–Crippen MR) is 101 cm³/mol. The van der Waals surface area contributed by atoms with Gasteiger partial charge in [0.25, 0.3) is 0 Å². The highest BCUT2D eigenvalue weighted by molar-refractivity contribution is 5.76. The molecule has 0 saturated heterocycles. The Morgan fingerprint density at radius 2 is 1.96 bits per heavy atom. The summed E-state index contributed by atoms with van der Waals surface area (Å²) >= 11 is 0. The van der Waals surface area contributed by atoms with E-state index in [1.165, 1.54) is 19.3 Å². The monoisotopic (exact) mass is 352 g/mol. The van der Waals surface area contributed by atoms with Crippen molar-refractivity contribution in [3.63, 3.8) is 0 Å². The Labute approximate surface area is 153 Å². The quantitative estimate of drug-likeness (QED) is 0.703. The van der Waals surface area contributed by atoms with E-state index >= 15 is 0 Å². The fourth-order valence-electron chi connectivity index (χ4n) is 3.41. The molecule has 1 aliphatic carbocycles. The summed E-state index contributed by atoms with van der Waals surface area (Å²) in [5.41, 5.74) is 2.07. The van der Waals surface area contributed by atoms with E-state index in [2.05, 4.69) is 10.6 Å². The van der Waals surface area contributed by atoms with Crippen LogP contribution in [0.25, 0.3) is 11.0 Å². The molecule has 2 aromatic carbocycles. The fourth-order valence-corrected chi connectivity index (χ4v) is 3.41. The van der Waals surface area contributed by atoms with Crippen molar-refractivity contribution in [3.8, 4) is 11.5 Å². The van der Waals surface area contributed by atoms with E-state index in [4.69, 9.17) is 14.5 Å². The van der Waals surface area contributed by atoms with Gasteiger partial charge in [-0.15, -0.1) is 0 Å². The predicted octanol–water partition coefficient (Wildman–Crippen LogP) is 3.75. The second kappa shape index (κ2) is 7.38. The summed E-state index contributed by atoms with van der Waals surface area (Å²) < 4.78 is 13.1. The minimum Gasteiger partial charge on any atom is -0.497 e. The number of aliphatic hydroxyl groups excluding tert-OH is 1. The van der Waals surface area contributed by atoms with Crippen LogP contribution >= 0.6 is 0 Å². The van der Waals surface area contributed by atoms with Crippen molar-refractivity contribution < 1.29 is 14.6 Å². The summed E-state index contributed by atoms with van der Waals surface area (Å²) in [6, 6.07) is 15.6. The number of imidazole rings is 1. The normalized spacial score (nSPS) is 15.6. The molecule has 26 heavy (non-hydrogen) atoms. The highest BCUT2D eigenvalue weighted by Gasteiger charge is 2.26. The molecule has 0 amide bonds. The SMILES string of the molecule is COc1cccc(OCC(O)Cn2c(C3CCC3)nc3ccccc32)c1. The molecule has 1 unspecified atom stereocenters. The van der Waals surface area contributed by atoms with Gasteiger partial charge < -0.3 is 19.1 Å². The third-order valence-corrected chi connectivity index (χ3v) is 5.03. The van der Waals surface area contributed by atoms with Crippen LogP contribution < -0.4 is 9.47 Å². The topological polar surface area (TPSA) is 56.5 Å². The van der Waals surface area contributed by atoms with E-state index in [9.17, 15) is 5.11 Å². The first-order valence-electron chi connectivity index (χ1n) is 9.14. The number of methoxy groups -OCH3 is 1. The lowest BCUT2D eigenvalue weighted by molar-refractivity contribution is 0.0918. The summed E-state index contributed by atoms with van der Waals surface area (Å²) in [4.78, 5) is 4.82. The maximum Gasteiger partial charge on any atom is 0.123 e. The molecule has 3 aromatic rings. The van der Waals surface area contributed by atoms with Gasteiger partial charge in [-0.25, -0.2) is 4.98 Å². The second-order valence-corrected chi connectivity index (χ2v) is 6.84. The van der Waals surface area contributed by atoms with Crippen LogP contribution in [-0.4, -0.2) is 34.5 Å². The number of fused-ring (bicyclic) bond motifs is 1. The van der Waals surface area contributed by atoms with E-state index in [0.29, 0.717) is 18.2 Å². The molecule has 0 bridgehead atoms. The zero-order valence-corrected chi connectivity index (χ0v) is 15.0. The van der Waals surface area contributed by atoms with Gasteiger partial charge in [0.1, 0.15) is 30.0 Å². The van der Waals surface area contributed by atoms with Gasteiger partial charge in [-0.1, -0.05) is 24.6 Å². The number of rotatable bonds is 7. The first-order valence-corrected chi connectivity index (χ1v) is 9.14. The lowest BCUT2D eigenvalue weighted by Crippen LogP contribution is -2.26. The third kappa shape index (κ3) is 3.40. The van der Waals surface area contributed by atoms with E-state index in [-0.39, 0.29) is 6.61 Å². The lowest BCUT2D eigenvalue weighted by Gasteiger charge is -2.26. The van der Waals surface area contributed by atoms with Gasteiger partial charge >= 0.3 is 0 Å². The average molecular weight is 352 g/mol. The van der Waals surface area contributed by atoms with Gasteiger partial charge in [0.2, 0.25) is 0 Å². The van der Waals surface area contributed by atoms with Crippen LogP contribution in [0.15, 0.2) is 48.5 Å². The Bertz CT molecular complexity index is 886. The van der Waals surface area contributed by atoms with E-state index in [0.717, 1.165) is 22.6 Å². The molecule has 1 aromatic heterocycles. The molecule has 5 nitrogen and oxygen atoms in total. The Kier molecular flexibility index (Phi) is 4.80. The molecule has 1 N–H and O–H groups in total. The zero-order valence-electron chi connectivity index (χ0n) is 15.0. The smallest absolute Gasteiger partial charge is 0.123 e. The Balaban J connectivity index is 1.49. The third-order valence-electron chi connectivity index (χ3n) is 5.03. The molecule has 0 radical (unpaired) electrons. The van der Waals surface area contributed by atoms with Gasteiger partial charge in [0, 0.05) is 12.0 Å². The van der Waals surface area contributed by atoms with E-state index in [1.54, 1.807) is 7.11 Å². The maximum absolute atomic E-state index is 10.6. The number of hydrogen-bond donors (Lipinski definition) is 1. The molecule has 0 aliphatic heterocycles. The number of aromatic nitrogens is 2. The van der Waals surface area contributed by atoms with Crippen LogP contribution in [0.3, 0.4) is 0 Å². The number of hydrogen-bond acceptors (Lipinski definition) is 4. The number of benzene rings is 2. The first kappa shape index (κ1) is 16.9. The largest absolute Gasteiger partial charge is 0.497 e. The summed E-state index contributed by atoms with van der Waals surface area (Å²) in [5, 5.41) is 10.6. The summed E-state index contributed by atoms with van der Waals surface area (Å²) in [6.45, 7) is 0.708. The van der Waals surface area contributed by atoms with Gasteiger partial charge in [0.05, 0.1) is 24.7 Å². The second-order valence-electron chi connectivity index (χ2n) is 6.84. The summed E-state index contributed by atoms with van der Waals surface area (Å²) in [6.07, 6.45) is 3.01. The average Bonchev–Trinajstić information content (AvgIpc) is 2.97. The molecule has 0 spiro atoms. The van der Waals surface area contributed by atoms with Crippen LogP contribution in [0.2, 0.25) is 0 Å². The minimum absolute atomic E-state index is 0.226. The first-order chi connectivity index (χ1) is 12.7. The van der Waals surface area contributed by atoms with Crippen molar-refractivity contribution in [2.75, 3.05) is 13.7 Å². The van der Waals surface area contributed by atoms with E-state index < -0.39 is 6.10 Å². The lowest BCUT2D eigenvalue weighted by atomic mass is 9.85. The van der Waals surface area contributed by atoms with Crippen LogP contribution in [0.5, 0.6) is 11.5 Å². The van der Waals surface area contributed by atoms with Gasteiger partial charge in [0.15, 0.2) is 0 Å². The molecule has 4 rings (SSSR count). The summed E-state index contributed by atoms with van der Waals surface area (Å²) in [5.74, 6) is 3.04. The van der Waals surface area contributed by atoms with Crippen LogP contribution in [0.1, 0.15) is 31.0 Å².